The van der Waals surface area contributed by atoms with Crippen molar-refractivity contribution in [2.75, 3.05) is 0 Å². The zero-order chi connectivity index (χ0) is 109. The van der Waals surface area contributed by atoms with Gasteiger partial charge in [0.15, 0.2) is 40.1 Å². The Kier molecular flexibility index (Phi) is 40.5. The molecule has 0 saturated carbocycles. The van der Waals surface area contributed by atoms with Gasteiger partial charge in [-0.05, 0) is 177 Å². The Morgan fingerprint density at radius 2 is 0.894 bits per heavy atom. The summed E-state index contributed by atoms with van der Waals surface area (Å²) in [5.74, 6) is -5.82. The molecular weight excluding hydrogens is 1830 g/mol. The number of nitro groups is 1. The van der Waals surface area contributed by atoms with Gasteiger partial charge in [0.2, 0.25) is 5.75 Å². The van der Waals surface area contributed by atoms with Crippen LogP contribution in [0, 0.1) is 51.1 Å². The second kappa shape index (κ2) is 48.4. The van der Waals surface area contributed by atoms with E-state index in [2.05, 4.69) is 153 Å². The van der Waals surface area contributed by atoms with Gasteiger partial charge in [0, 0.05) is 136 Å². The predicted octanol–water partition coefficient (Wildman–Crippen LogP) is 33.4. The molecule has 2 aliphatic rings. The van der Waals surface area contributed by atoms with Crippen LogP contribution in [0.1, 0.15) is 261 Å². The molecule has 2 aliphatic heterocycles. The van der Waals surface area contributed by atoms with Gasteiger partial charge >= 0.3 is 22.9 Å². The average Bonchev–Trinajstić information content (AvgIpc) is 1.36. The molecule has 7 aromatic carbocycles. The number of nitro benzene ring substituents is 1. The molecule has 0 radical (unpaired) electrons. The van der Waals surface area contributed by atoms with Crippen molar-refractivity contribution in [2.45, 2.75) is 290 Å². The Morgan fingerprint density at radius 1 is 0.458 bits per heavy atom. The zero-order valence-corrected chi connectivity index (χ0v) is 86.5. The first kappa shape index (κ1) is 119. The van der Waals surface area contributed by atoms with Crippen LogP contribution in [-0.2, 0) is 32.5 Å². The van der Waals surface area contributed by atoms with E-state index < -0.39 is 56.1 Å². The Hall–Kier alpha value is -15.5. The molecule has 1 saturated heterocycles. The van der Waals surface area contributed by atoms with Crippen LogP contribution in [0.2, 0.25) is 0 Å². The summed E-state index contributed by atoms with van der Waals surface area (Å²) in [6.07, 6.45) is 1.59. The summed E-state index contributed by atoms with van der Waals surface area (Å²) in [5, 5.41) is 60.8. The second-order valence-corrected chi connectivity index (χ2v) is 43.1. The number of hydrogen-bond donors (Lipinski definition) is 3. The SMILES string of the molecule is CC(C)(C)C1(C)N=N1.CC(C)(C)N=[N+]=[N-].CC(C)(C)Oc1c2occc2cc2ccc(=O)oc12.CC(C)(C)c1c(F)c(F)c(N=[N+]=[N-])c(F)c1F.CC(C)(C)c1cc2ccc(N=[N+]=[N-])cc2oc1=O.CC(C)(C)c1ccc(N=[N+]=[N-])cc1.CC(C)(C)c1ccc(N=[N+]=[N-])cc1O.CC(C)(C)c1ccc(N=[N+]=[N-])cc1[N+](=O)[O-].CC1NC(=O)NC1C(C)(C)C.Cc1c(C(C)(C)C)c(=O)oc2cc(N=[N+]=[N-])ccc12. The minimum atomic E-state index is -1.69. The molecule has 3 N–H and O–H groups in total. The number of nitrogens with one attached hydrogen (secondary N) is 2. The third-order valence-corrected chi connectivity index (χ3v) is 20.8. The fourth-order valence-electron chi connectivity index (χ4n) is 13.3. The molecule has 0 bridgehead atoms. The Balaban J connectivity index is 0.000000333. The summed E-state index contributed by atoms with van der Waals surface area (Å²) in [6, 6.07) is 36.4. The fraction of sp³-hybridized carbons (Fsp3) is 0.460. The van der Waals surface area contributed by atoms with E-state index in [4.69, 9.17) is 61.1 Å². The van der Waals surface area contributed by atoms with Gasteiger partial charge in [0.05, 0.1) is 17.2 Å². The lowest BCUT2D eigenvalue weighted by molar-refractivity contribution is -0.385. The number of ether oxygens (including phenoxy) is 1. The van der Waals surface area contributed by atoms with E-state index >= 15 is 0 Å². The number of phenolic OH excluding ortho intramolecular Hbond substituents is 1. The van der Waals surface area contributed by atoms with Crippen molar-refractivity contribution < 1.29 is 54.8 Å². The van der Waals surface area contributed by atoms with Crippen LogP contribution in [0.4, 0.5) is 62.2 Å². The number of carbonyl (C=O) groups excluding carboxylic acids is 1. The summed E-state index contributed by atoms with van der Waals surface area (Å²) in [5.41, 5.74) is 61.0. The number of rotatable bonds is 8. The van der Waals surface area contributed by atoms with Crippen LogP contribution in [0.3, 0.4) is 0 Å². The first-order chi connectivity index (χ1) is 65.2. The highest BCUT2D eigenvalue weighted by molar-refractivity contribution is 6.00. The van der Waals surface area contributed by atoms with Crippen LogP contribution in [0.25, 0.3) is 117 Å². The highest BCUT2D eigenvalue weighted by Crippen LogP contribution is 2.45. The van der Waals surface area contributed by atoms with E-state index in [-0.39, 0.29) is 95.6 Å². The molecule has 2 unspecified atom stereocenters. The quantitative estimate of drug-likeness (QED) is 0.0187. The van der Waals surface area contributed by atoms with E-state index in [1.807, 2.05) is 194 Å². The van der Waals surface area contributed by atoms with Crippen LogP contribution in [0.15, 0.2) is 212 Å². The molecule has 4 aromatic heterocycles. The number of hydrogen-bond acceptors (Lipinski definition) is 21. The number of fused-ring (bicyclic) bond motifs is 4. The maximum atomic E-state index is 13.6. The molecule has 6 heterocycles. The van der Waals surface area contributed by atoms with Crippen molar-refractivity contribution in [3.05, 3.63) is 310 Å². The normalized spacial score (nSPS) is 13.4. The maximum absolute atomic E-state index is 13.6. The number of urea groups is 1. The monoisotopic (exact) mass is 1960 g/mol. The molecule has 11 aromatic rings. The molecule has 0 spiro atoms. The molecule has 13 rings (SSSR count). The van der Waals surface area contributed by atoms with Gasteiger partial charge in [-0.25, -0.2) is 36.7 Å². The molecule has 2 amide bonds. The molecule has 756 valence electrons. The van der Waals surface area contributed by atoms with E-state index in [1.165, 1.54) is 44.5 Å². The summed E-state index contributed by atoms with van der Waals surface area (Å²) in [7, 11) is 0. The Bertz CT molecular complexity index is 6960. The topological polar surface area (TPSA) is 584 Å². The lowest BCUT2D eigenvalue weighted by Crippen LogP contribution is -2.42. The highest BCUT2D eigenvalue weighted by atomic mass is 19.2. The van der Waals surface area contributed by atoms with Crippen LogP contribution >= 0.6 is 0 Å². The number of phenols is 1. The molecule has 1 fully saturated rings. The van der Waals surface area contributed by atoms with Crippen molar-refractivity contribution in [3.8, 4) is 11.5 Å². The van der Waals surface area contributed by atoms with Gasteiger partial charge in [-0.2, -0.15) is 10.2 Å². The zero-order valence-electron chi connectivity index (χ0n) is 86.5. The van der Waals surface area contributed by atoms with Gasteiger partial charge in [-0.15, -0.1) is 0 Å². The number of furan rings is 1. The van der Waals surface area contributed by atoms with Gasteiger partial charge in [-0.3, -0.25) is 10.1 Å². The van der Waals surface area contributed by atoms with Gasteiger partial charge in [0.25, 0.3) is 5.69 Å². The van der Waals surface area contributed by atoms with Crippen molar-refractivity contribution in [3.63, 3.8) is 0 Å². The average molecular weight is 1960 g/mol. The number of halogens is 4. The standard InChI is InChI=1S/C15H14O4.C14H15N3O2.C13H13N3O2.C10H9F4N3.C10H12N4O2.C10H13N3O.C10H13N3.C8H16N2O.C6H12N2.C4H9N3/c1-15(2,3)19-14-12-10(6-7-17-12)8-9-4-5-11(16)18-13(9)14;1-8-10-6-5-9(16-17-15)7-11(10)19-13(18)12(8)14(2,3)4;1-13(2,3)10-6-8-4-5-9(15-16-14)7-11(8)18-12(10)17;1-10(2,3)4-5(11)7(13)9(16-17-15)8(14)6(4)12;1-10(2,3)8-5-4-7(12-13-11)6-9(8)14(15)16;1-10(2,3)8-5-4-7(12-13-11)6-9(8)14;1-10(2,3)8-4-6-9(7-5-8)12-13-11;1-5-6(8(2,3)4)10-7(11)9-5;1-5(2,3)6(4)7-8-6;1-4(2,3)6-7-5/h4-8H,1-3H3;5-7H,1-4H3;4-7H,1-3H3;1-3H3;4-6H,1-3H3;4-6,14H,1-3H3;4-7H,1-3H3;5-6H,1-4H3,(H2,9,10,11);1-4H3;1-3H3. The molecule has 38 nitrogen and oxygen atoms in total. The third kappa shape index (κ3) is 35.1. The summed E-state index contributed by atoms with van der Waals surface area (Å²) in [6.45, 7) is 64.3. The lowest BCUT2D eigenvalue weighted by atomic mass is 9.84. The number of aromatic hydroxyl groups is 1. The number of aryl methyl sites for hydroxylation is 1. The molecular formula is C100H126F4N26O12. The molecule has 142 heavy (non-hydrogen) atoms. The van der Waals surface area contributed by atoms with Gasteiger partial charge in [0.1, 0.15) is 28.2 Å². The largest absolute Gasteiger partial charge is 0.508 e. The lowest BCUT2D eigenvalue weighted by Gasteiger charge is -2.28. The highest BCUT2D eigenvalue weighted by Gasteiger charge is 2.46. The minimum Gasteiger partial charge on any atom is -0.508 e. The number of nitrogens with zero attached hydrogens (tertiary/aromatic N) is 24. The number of amides is 2. The molecule has 2 atom stereocenters. The number of benzene rings is 7. The first-order valence-corrected chi connectivity index (χ1v) is 44.5. The van der Waals surface area contributed by atoms with Crippen LogP contribution in [0.5, 0.6) is 11.5 Å². The number of azide groups is 7. The molecule has 42 heteroatoms. The summed E-state index contributed by atoms with van der Waals surface area (Å²) >= 11 is 0. The van der Waals surface area contributed by atoms with E-state index in [9.17, 15) is 52.0 Å². The maximum Gasteiger partial charge on any atom is 0.340 e. The van der Waals surface area contributed by atoms with Crippen LogP contribution < -0.4 is 32.2 Å². The Morgan fingerprint density at radius 3 is 1.29 bits per heavy atom. The van der Waals surface area contributed by atoms with Crippen molar-refractivity contribution >= 4 is 89.7 Å². The molecule has 0 aliphatic carbocycles. The van der Waals surface area contributed by atoms with E-state index in [0.717, 1.165) is 32.7 Å². The summed E-state index contributed by atoms with van der Waals surface area (Å²) < 4.78 is 81.1. The third-order valence-electron chi connectivity index (χ3n) is 20.8. The van der Waals surface area contributed by atoms with Crippen molar-refractivity contribution in [1.82, 2.24) is 10.6 Å². The van der Waals surface area contributed by atoms with Gasteiger partial charge < -0.3 is 38.1 Å². The van der Waals surface area contributed by atoms with E-state index in [0.29, 0.717) is 67.5 Å². The Labute approximate surface area is 819 Å². The van der Waals surface area contributed by atoms with Gasteiger partial charge in [-0.1, -0.05) is 296 Å². The van der Waals surface area contributed by atoms with Crippen molar-refractivity contribution in [2.24, 2.45) is 56.9 Å². The van der Waals surface area contributed by atoms with Crippen molar-refractivity contribution in [1.29, 1.82) is 0 Å². The summed E-state index contributed by atoms with van der Waals surface area (Å²) in [4.78, 5) is 74.9. The number of carbonyl (C=O) groups is 1. The second-order valence-electron chi connectivity index (χ2n) is 43.1. The first-order valence-electron chi connectivity index (χ1n) is 44.5. The smallest absolute Gasteiger partial charge is 0.340 e. The predicted molar refractivity (Wildman–Crippen MR) is 547 cm³/mol. The minimum absolute atomic E-state index is 0.0163. The van der Waals surface area contributed by atoms with Crippen LogP contribution in [-0.4, -0.2) is 44.9 Å². The fourth-order valence-corrected chi connectivity index (χ4v) is 13.3. The van der Waals surface area contributed by atoms with E-state index in [1.54, 1.807) is 66.9 Å².